The van der Waals surface area contributed by atoms with Crippen molar-refractivity contribution in [1.29, 1.82) is 0 Å². The number of carbonyl (C=O) groups is 1. The Labute approximate surface area is 142 Å². The Morgan fingerprint density at radius 2 is 1.70 bits per heavy atom. The predicted molar refractivity (Wildman–Crippen MR) is 96.1 cm³/mol. The van der Waals surface area contributed by atoms with Gasteiger partial charge in [-0.05, 0) is 42.5 Å². The average Bonchev–Trinajstić information content (AvgIpc) is 2.56. The topological polar surface area (TPSA) is 54.0 Å². The molecule has 1 amide bonds. The molecule has 4 nitrogen and oxygen atoms in total. The zero-order chi connectivity index (χ0) is 16.1. The van der Waals surface area contributed by atoms with Gasteiger partial charge in [0.1, 0.15) is 5.82 Å². The molecule has 0 spiro atoms. The smallest absolute Gasteiger partial charge is 0.257 e. The molecule has 0 aliphatic rings. The lowest BCUT2D eigenvalue weighted by Crippen LogP contribution is -2.12. The third kappa shape index (κ3) is 4.17. The first-order valence-electron chi connectivity index (χ1n) is 7.06. The van der Waals surface area contributed by atoms with Crippen molar-refractivity contribution in [2.24, 2.45) is 0 Å². The van der Waals surface area contributed by atoms with Crippen LogP contribution in [-0.2, 0) is 0 Å². The molecule has 0 aliphatic heterocycles. The summed E-state index contributed by atoms with van der Waals surface area (Å²) < 4.78 is 0.913. The van der Waals surface area contributed by atoms with Gasteiger partial charge in [0.25, 0.3) is 5.91 Å². The summed E-state index contributed by atoms with van der Waals surface area (Å²) in [5.41, 5.74) is 2.19. The van der Waals surface area contributed by atoms with Gasteiger partial charge in [0.05, 0.1) is 5.56 Å². The number of hydrogen-bond donors (Lipinski definition) is 2. The number of para-hydroxylation sites is 1. The third-order valence-electron chi connectivity index (χ3n) is 3.15. The Kier molecular flexibility index (Phi) is 4.68. The van der Waals surface area contributed by atoms with Gasteiger partial charge in [0.15, 0.2) is 0 Å². The van der Waals surface area contributed by atoms with Gasteiger partial charge in [0.2, 0.25) is 0 Å². The first-order chi connectivity index (χ1) is 11.2. The number of aromatic nitrogens is 1. The number of halogens is 1. The van der Waals surface area contributed by atoms with Crippen LogP contribution in [0.1, 0.15) is 10.4 Å². The van der Waals surface area contributed by atoms with Crippen molar-refractivity contribution >= 4 is 39.0 Å². The normalized spacial score (nSPS) is 10.1. The summed E-state index contributed by atoms with van der Waals surface area (Å²) in [5, 5.41) is 6.02. The highest BCUT2D eigenvalue weighted by Gasteiger charge is 2.07. The molecular formula is C18H14BrN3O. The first kappa shape index (κ1) is 15.2. The number of carbonyl (C=O) groups excluding carboxylic acids is 1. The van der Waals surface area contributed by atoms with E-state index in [1.807, 2.05) is 54.6 Å². The van der Waals surface area contributed by atoms with Crippen LogP contribution < -0.4 is 10.6 Å². The summed E-state index contributed by atoms with van der Waals surface area (Å²) in [6, 6.07) is 20.7. The van der Waals surface area contributed by atoms with Crippen molar-refractivity contribution in [1.82, 2.24) is 4.98 Å². The molecule has 2 N–H and O–H groups in total. The highest BCUT2D eigenvalue weighted by Crippen LogP contribution is 2.17. The fourth-order valence-corrected chi connectivity index (χ4v) is 2.44. The SMILES string of the molecule is O=C(Nc1cccc(Br)c1)c1ccc(Nc2ccccc2)nc1. The molecule has 3 rings (SSSR count). The molecule has 0 saturated carbocycles. The molecule has 0 bridgehead atoms. The van der Waals surface area contributed by atoms with E-state index in [9.17, 15) is 4.79 Å². The summed E-state index contributed by atoms with van der Waals surface area (Å²) in [6.45, 7) is 0. The van der Waals surface area contributed by atoms with Crippen LogP contribution in [-0.4, -0.2) is 10.9 Å². The predicted octanol–water partition coefficient (Wildman–Crippen LogP) is 4.84. The molecule has 1 aromatic heterocycles. The highest BCUT2D eigenvalue weighted by molar-refractivity contribution is 9.10. The molecule has 0 unspecified atom stereocenters. The monoisotopic (exact) mass is 367 g/mol. The molecule has 0 radical (unpaired) electrons. The highest BCUT2D eigenvalue weighted by atomic mass is 79.9. The maximum atomic E-state index is 12.2. The summed E-state index contributed by atoms with van der Waals surface area (Å²) in [4.78, 5) is 16.5. The number of pyridine rings is 1. The Bertz CT molecular complexity index is 804. The number of hydrogen-bond acceptors (Lipinski definition) is 3. The van der Waals surface area contributed by atoms with E-state index in [4.69, 9.17) is 0 Å². The number of amides is 1. The van der Waals surface area contributed by atoms with E-state index in [2.05, 4.69) is 31.5 Å². The van der Waals surface area contributed by atoms with Crippen LogP contribution >= 0.6 is 15.9 Å². The van der Waals surface area contributed by atoms with Gasteiger partial charge in [-0.2, -0.15) is 0 Å². The molecule has 0 atom stereocenters. The van der Waals surface area contributed by atoms with Crippen molar-refractivity contribution in [3.05, 3.63) is 83.0 Å². The molecule has 3 aromatic rings. The van der Waals surface area contributed by atoms with E-state index in [-0.39, 0.29) is 5.91 Å². The Hall–Kier alpha value is -2.66. The second kappa shape index (κ2) is 7.07. The molecule has 0 aliphatic carbocycles. The molecular weight excluding hydrogens is 354 g/mol. The quantitative estimate of drug-likeness (QED) is 0.693. The molecule has 2 aromatic carbocycles. The summed E-state index contributed by atoms with van der Waals surface area (Å²) in [5.74, 6) is 0.497. The molecule has 5 heteroatoms. The van der Waals surface area contributed by atoms with Gasteiger partial charge >= 0.3 is 0 Å². The van der Waals surface area contributed by atoms with Crippen LogP contribution in [0.2, 0.25) is 0 Å². The van der Waals surface area contributed by atoms with E-state index < -0.39 is 0 Å². The zero-order valence-electron chi connectivity index (χ0n) is 12.2. The minimum absolute atomic E-state index is 0.193. The van der Waals surface area contributed by atoms with Crippen LogP contribution in [0.3, 0.4) is 0 Å². The van der Waals surface area contributed by atoms with Crippen LogP contribution in [0, 0.1) is 0 Å². The van der Waals surface area contributed by atoms with Crippen molar-refractivity contribution in [3.63, 3.8) is 0 Å². The van der Waals surface area contributed by atoms with Gasteiger partial charge in [-0.1, -0.05) is 40.2 Å². The summed E-state index contributed by atoms with van der Waals surface area (Å²) >= 11 is 3.38. The fourth-order valence-electron chi connectivity index (χ4n) is 2.04. The van der Waals surface area contributed by atoms with Crippen LogP contribution in [0.25, 0.3) is 0 Å². The van der Waals surface area contributed by atoms with Gasteiger partial charge in [-0.15, -0.1) is 0 Å². The standard InChI is InChI=1S/C18H14BrN3O/c19-14-5-4-8-16(11-14)22-18(23)13-9-10-17(20-12-13)21-15-6-2-1-3-7-15/h1-12H,(H,20,21)(H,22,23). The van der Waals surface area contributed by atoms with Gasteiger partial charge in [0, 0.05) is 22.0 Å². The maximum absolute atomic E-state index is 12.2. The van der Waals surface area contributed by atoms with Crippen molar-refractivity contribution in [3.8, 4) is 0 Å². The second-order valence-corrected chi connectivity index (χ2v) is 5.80. The van der Waals surface area contributed by atoms with Crippen LogP contribution in [0.5, 0.6) is 0 Å². The molecule has 0 fully saturated rings. The molecule has 114 valence electrons. The lowest BCUT2D eigenvalue weighted by molar-refractivity contribution is 0.102. The Balaban J connectivity index is 1.68. The first-order valence-corrected chi connectivity index (χ1v) is 7.85. The van der Waals surface area contributed by atoms with E-state index in [0.717, 1.165) is 15.8 Å². The van der Waals surface area contributed by atoms with Crippen molar-refractivity contribution in [2.75, 3.05) is 10.6 Å². The van der Waals surface area contributed by atoms with Crippen LogP contribution in [0.4, 0.5) is 17.2 Å². The lowest BCUT2D eigenvalue weighted by Gasteiger charge is -2.07. The van der Waals surface area contributed by atoms with E-state index >= 15 is 0 Å². The minimum atomic E-state index is -0.193. The number of nitrogens with zero attached hydrogens (tertiary/aromatic N) is 1. The van der Waals surface area contributed by atoms with Gasteiger partial charge in [-0.25, -0.2) is 4.98 Å². The second-order valence-electron chi connectivity index (χ2n) is 4.89. The maximum Gasteiger partial charge on any atom is 0.257 e. The Morgan fingerprint density at radius 3 is 2.39 bits per heavy atom. The Morgan fingerprint density at radius 1 is 0.913 bits per heavy atom. The average molecular weight is 368 g/mol. The molecule has 23 heavy (non-hydrogen) atoms. The summed E-state index contributed by atoms with van der Waals surface area (Å²) in [7, 11) is 0. The number of rotatable bonds is 4. The largest absolute Gasteiger partial charge is 0.340 e. The van der Waals surface area contributed by atoms with Crippen LogP contribution in [0.15, 0.2) is 77.4 Å². The van der Waals surface area contributed by atoms with E-state index in [1.165, 1.54) is 0 Å². The van der Waals surface area contributed by atoms with Gasteiger partial charge < -0.3 is 10.6 Å². The number of nitrogens with one attached hydrogen (secondary N) is 2. The zero-order valence-corrected chi connectivity index (χ0v) is 13.7. The van der Waals surface area contributed by atoms with E-state index in [1.54, 1.807) is 18.3 Å². The lowest BCUT2D eigenvalue weighted by atomic mass is 10.2. The molecule has 1 heterocycles. The third-order valence-corrected chi connectivity index (χ3v) is 3.65. The van der Waals surface area contributed by atoms with Crippen molar-refractivity contribution < 1.29 is 4.79 Å². The molecule has 0 saturated heterocycles. The fraction of sp³-hybridized carbons (Fsp3) is 0. The van der Waals surface area contributed by atoms with E-state index in [0.29, 0.717) is 11.4 Å². The number of anilines is 3. The van der Waals surface area contributed by atoms with Gasteiger partial charge in [-0.3, -0.25) is 4.79 Å². The minimum Gasteiger partial charge on any atom is -0.340 e. The van der Waals surface area contributed by atoms with Crippen molar-refractivity contribution in [2.45, 2.75) is 0 Å². The number of benzene rings is 2. The summed E-state index contributed by atoms with van der Waals surface area (Å²) in [6.07, 6.45) is 1.55.